The summed E-state index contributed by atoms with van der Waals surface area (Å²) < 4.78 is 38.8. The molecule has 3 aromatic rings. The Labute approximate surface area is 262 Å². The third-order valence-electron chi connectivity index (χ3n) is 7.78. The molecule has 5 N–H and O–H groups in total. The molecule has 2 aromatic heterocycles. The number of hydrogen-bond donors (Lipinski definition) is 4. The number of nitriles is 1. The van der Waals surface area contributed by atoms with Gasteiger partial charge in [-0.25, -0.2) is 14.1 Å². The van der Waals surface area contributed by atoms with Crippen LogP contribution in [0.3, 0.4) is 0 Å². The molecule has 1 aliphatic heterocycles. The molecule has 1 fully saturated rings. The molecule has 14 nitrogen and oxygen atoms in total. The van der Waals surface area contributed by atoms with Gasteiger partial charge in [-0.3, -0.25) is 9.32 Å². The second kappa shape index (κ2) is 14.7. The lowest BCUT2D eigenvalue weighted by molar-refractivity contribution is -0.147. The number of nitrogens with two attached hydrogens (primary N) is 1. The topological polar surface area (TPSA) is 204 Å². The number of anilines is 1. The van der Waals surface area contributed by atoms with Crippen LogP contribution >= 0.6 is 7.75 Å². The van der Waals surface area contributed by atoms with Crippen LogP contribution < -0.4 is 15.3 Å². The lowest BCUT2D eigenvalue weighted by atomic mass is 9.96. The minimum absolute atomic E-state index is 0.00979. The van der Waals surface area contributed by atoms with Gasteiger partial charge >= 0.3 is 13.7 Å². The number of rotatable bonds is 15. The van der Waals surface area contributed by atoms with Crippen molar-refractivity contribution in [2.75, 3.05) is 18.9 Å². The van der Waals surface area contributed by atoms with Crippen LogP contribution in [0.2, 0.25) is 0 Å². The van der Waals surface area contributed by atoms with E-state index in [2.05, 4.69) is 15.2 Å². The molecule has 0 unspecified atom stereocenters. The summed E-state index contributed by atoms with van der Waals surface area (Å²) >= 11 is 0. The highest BCUT2D eigenvalue weighted by Crippen LogP contribution is 2.49. The van der Waals surface area contributed by atoms with E-state index in [-0.39, 0.29) is 36.4 Å². The van der Waals surface area contributed by atoms with Crippen LogP contribution in [0.5, 0.6) is 5.75 Å². The van der Waals surface area contributed by atoms with Crippen molar-refractivity contribution in [1.82, 2.24) is 19.7 Å². The van der Waals surface area contributed by atoms with Crippen molar-refractivity contribution in [1.29, 1.82) is 5.26 Å². The van der Waals surface area contributed by atoms with Crippen LogP contribution in [0.4, 0.5) is 5.82 Å². The molecule has 1 aliphatic rings. The number of fused-ring (bicyclic) bond motifs is 1. The fourth-order valence-corrected chi connectivity index (χ4v) is 6.59. The van der Waals surface area contributed by atoms with Gasteiger partial charge in [-0.05, 0) is 42.5 Å². The first-order chi connectivity index (χ1) is 21.5. The van der Waals surface area contributed by atoms with E-state index >= 15 is 0 Å². The van der Waals surface area contributed by atoms with Crippen LogP contribution in [0.25, 0.3) is 5.52 Å². The molecule has 6 atom stereocenters. The number of aromatic nitrogens is 3. The fourth-order valence-electron chi connectivity index (χ4n) is 5.06. The standard InChI is InChI=1S/C30H41N6O8P/c1-5-20(6-2)15-41-29(39)22(14-19(3)4)35-45(40,44-21-10-8-7-9-11-21)42-17-30(16-31)27(38)25(37)26(43-30)23-12-13-24-28(32)33-18-34-36(23)24/h7-13,18-20,22,25-27,37-38H,5-6,14-15,17H2,1-4H3,(H,35,40)(H2,32,33,34)/t22-,25-,26-,27-,30+,45-/m0/s1. The number of ether oxygens (including phenoxy) is 2. The van der Waals surface area contributed by atoms with Crippen molar-refractivity contribution in [3.8, 4) is 11.8 Å². The zero-order chi connectivity index (χ0) is 32.8. The normalized spacial score (nSPS) is 23.6. The van der Waals surface area contributed by atoms with Crippen molar-refractivity contribution < 1.29 is 38.1 Å². The highest BCUT2D eigenvalue weighted by atomic mass is 31.2. The van der Waals surface area contributed by atoms with E-state index in [9.17, 15) is 24.8 Å². The van der Waals surface area contributed by atoms with Gasteiger partial charge in [0.1, 0.15) is 54.6 Å². The first-order valence-corrected chi connectivity index (χ1v) is 16.5. The van der Waals surface area contributed by atoms with Crippen LogP contribution in [0.1, 0.15) is 58.8 Å². The molecule has 4 rings (SSSR count). The predicted molar refractivity (Wildman–Crippen MR) is 164 cm³/mol. The maximum absolute atomic E-state index is 14.3. The second-order valence-corrected chi connectivity index (χ2v) is 13.2. The average molecular weight is 645 g/mol. The lowest BCUT2D eigenvalue weighted by Crippen LogP contribution is -2.46. The van der Waals surface area contributed by atoms with E-state index in [0.717, 1.165) is 12.8 Å². The summed E-state index contributed by atoms with van der Waals surface area (Å²) in [6.45, 7) is 7.21. The molecule has 0 bridgehead atoms. The van der Waals surface area contributed by atoms with E-state index in [4.69, 9.17) is 24.3 Å². The lowest BCUT2D eigenvalue weighted by Gasteiger charge is -2.29. The number of carbonyl (C=O) groups excluding carboxylic acids is 1. The number of nitrogens with one attached hydrogen (secondary N) is 1. The molecule has 3 heterocycles. The number of aliphatic hydroxyl groups is 2. The summed E-state index contributed by atoms with van der Waals surface area (Å²) in [7, 11) is -4.47. The summed E-state index contributed by atoms with van der Waals surface area (Å²) in [6.07, 6.45) is -1.52. The van der Waals surface area contributed by atoms with Crippen molar-refractivity contribution in [3.05, 3.63) is 54.5 Å². The molecule has 0 amide bonds. The molecule has 1 aromatic carbocycles. The number of para-hydroxylation sites is 1. The third-order valence-corrected chi connectivity index (χ3v) is 9.33. The molecular weight excluding hydrogens is 603 g/mol. The zero-order valence-electron chi connectivity index (χ0n) is 25.8. The molecule has 1 saturated heterocycles. The smallest absolute Gasteiger partial charge is 0.459 e. The summed E-state index contributed by atoms with van der Waals surface area (Å²) in [6, 6.07) is 12.1. The largest absolute Gasteiger partial charge is 0.464 e. The van der Waals surface area contributed by atoms with Gasteiger partial charge in [0, 0.05) is 0 Å². The van der Waals surface area contributed by atoms with Crippen LogP contribution in [0, 0.1) is 23.2 Å². The van der Waals surface area contributed by atoms with E-state index in [0.29, 0.717) is 11.2 Å². The molecule has 0 aliphatic carbocycles. The number of benzene rings is 1. The Balaban J connectivity index is 1.60. The molecule has 0 saturated carbocycles. The third kappa shape index (κ3) is 7.81. The zero-order valence-corrected chi connectivity index (χ0v) is 26.7. The number of carbonyl (C=O) groups is 1. The number of esters is 1. The maximum atomic E-state index is 14.3. The summed E-state index contributed by atoms with van der Waals surface area (Å²) in [5.41, 5.74) is 4.46. The van der Waals surface area contributed by atoms with Crippen molar-refractivity contribution in [3.63, 3.8) is 0 Å². The summed E-state index contributed by atoms with van der Waals surface area (Å²) in [5.74, 6) is -0.118. The maximum Gasteiger partial charge on any atom is 0.459 e. The van der Waals surface area contributed by atoms with E-state index in [1.807, 2.05) is 33.8 Å². The average Bonchev–Trinajstić information content (AvgIpc) is 3.56. The van der Waals surface area contributed by atoms with Gasteiger partial charge < -0.3 is 29.9 Å². The fraction of sp³-hybridized carbons (Fsp3) is 0.533. The van der Waals surface area contributed by atoms with Gasteiger partial charge in [0.15, 0.2) is 5.82 Å². The number of hydrogen-bond acceptors (Lipinski definition) is 12. The molecule has 0 spiro atoms. The molecule has 244 valence electrons. The number of nitrogens with zero attached hydrogens (tertiary/aromatic N) is 4. The van der Waals surface area contributed by atoms with Gasteiger partial charge in [-0.1, -0.05) is 58.7 Å². The minimum Gasteiger partial charge on any atom is -0.464 e. The highest BCUT2D eigenvalue weighted by molar-refractivity contribution is 7.52. The second-order valence-electron chi connectivity index (χ2n) is 11.5. The van der Waals surface area contributed by atoms with Crippen LogP contribution in [0.15, 0.2) is 48.8 Å². The van der Waals surface area contributed by atoms with Crippen molar-refractivity contribution in [2.24, 2.45) is 11.8 Å². The quantitative estimate of drug-likeness (QED) is 0.138. The minimum atomic E-state index is -4.47. The Bertz CT molecular complexity index is 1530. The van der Waals surface area contributed by atoms with Crippen molar-refractivity contribution in [2.45, 2.75) is 76.9 Å². The molecule has 0 radical (unpaired) electrons. The van der Waals surface area contributed by atoms with Crippen LogP contribution in [-0.4, -0.2) is 67.8 Å². The number of aliphatic hydroxyl groups excluding tert-OH is 2. The molecule has 45 heavy (non-hydrogen) atoms. The Hall–Kier alpha value is -3.57. The van der Waals surface area contributed by atoms with E-state index in [1.54, 1.807) is 42.5 Å². The van der Waals surface area contributed by atoms with E-state index in [1.165, 1.54) is 10.8 Å². The van der Waals surface area contributed by atoms with Gasteiger partial charge in [0.25, 0.3) is 0 Å². The van der Waals surface area contributed by atoms with Gasteiger partial charge in [-0.15, -0.1) is 0 Å². The first kappa shape index (κ1) is 34.3. The Morgan fingerprint density at radius 2 is 1.93 bits per heavy atom. The monoisotopic (exact) mass is 644 g/mol. The van der Waals surface area contributed by atoms with E-state index < -0.39 is 50.3 Å². The van der Waals surface area contributed by atoms with Crippen LogP contribution in [-0.2, 0) is 23.4 Å². The number of nitrogen functional groups attached to an aromatic ring is 1. The van der Waals surface area contributed by atoms with Gasteiger partial charge in [0.2, 0.25) is 5.60 Å². The van der Waals surface area contributed by atoms with Gasteiger partial charge in [-0.2, -0.15) is 15.4 Å². The van der Waals surface area contributed by atoms with Gasteiger partial charge in [0.05, 0.1) is 12.3 Å². The Morgan fingerprint density at radius 3 is 2.58 bits per heavy atom. The first-order valence-electron chi connectivity index (χ1n) is 14.9. The Kier molecular flexibility index (Phi) is 11.2. The van der Waals surface area contributed by atoms with Crippen molar-refractivity contribution >= 4 is 25.1 Å². The summed E-state index contributed by atoms with van der Waals surface area (Å²) in [5, 5.41) is 39.2. The molecule has 15 heteroatoms. The molecular formula is C30H41N6O8P. The highest BCUT2D eigenvalue weighted by Gasteiger charge is 2.57. The predicted octanol–water partition coefficient (Wildman–Crippen LogP) is 3.55. The SMILES string of the molecule is CCC(CC)COC(=O)[C@H](CC(C)C)N[P@](=O)(OC[C@@]1(C#N)O[C@@H](c2ccc3c(N)ncnn23)[C@H](O)[C@@H]1O)Oc1ccccc1. The summed E-state index contributed by atoms with van der Waals surface area (Å²) in [4.78, 5) is 17.2. The Morgan fingerprint density at radius 1 is 1.22 bits per heavy atom.